The van der Waals surface area contributed by atoms with Gasteiger partial charge in [0.1, 0.15) is 5.75 Å². The fraction of sp³-hybridized carbons (Fsp3) is 0.333. The number of nitrogens with one attached hydrogen (secondary N) is 1. The van der Waals surface area contributed by atoms with Gasteiger partial charge in [-0.05, 0) is 24.6 Å². The van der Waals surface area contributed by atoms with Gasteiger partial charge in [0.25, 0.3) is 0 Å². The number of carbonyl (C=O) groups excluding carboxylic acids is 1. The lowest BCUT2D eigenvalue weighted by molar-refractivity contribution is -0.121. The molecule has 1 aromatic heterocycles. The molecule has 1 unspecified atom stereocenters. The van der Waals surface area contributed by atoms with Crippen LogP contribution in [0.4, 0.5) is 0 Å². The number of ether oxygens (including phenoxy) is 1. The molecule has 1 N–H and O–H groups in total. The fourth-order valence-electron chi connectivity index (χ4n) is 2.45. The molecular formula is C15H15ClN2O2S. The van der Waals surface area contributed by atoms with Gasteiger partial charge in [0.2, 0.25) is 5.91 Å². The van der Waals surface area contributed by atoms with Crippen molar-refractivity contribution < 1.29 is 9.53 Å². The third kappa shape index (κ3) is 3.19. The molecule has 21 heavy (non-hydrogen) atoms. The first kappa shape index (κ1) is 14.4. The minimum atomic E-state index is -0.0455. The quantitative estimate of drug-likeness (QED) is 0.940. The van der Waals surface area contributed by atoms with E-state index in [1.807, 2.05) is 19.1 Å². The highest BCUT2D eigenvalue weighted by Gasteiger charge is 2.20. The Labute approximate surface area is 132 Å². The van der Waals surface area contributed by atoms with Crippen LogP contribution in [-0.4, -0.2) is 17.5 Å². The highest BCUT2D eigenvalue weighted by atomic mass is 35.5. The summed E-state index contributed by atoms with van der Waals surface area (Å²) in [5.74, 6) is 0.774. The summed E-state index contributed by atoms with van der Waals surface area (Å²) in [5, 5.41) is 3.62. The number of carbonyl (C=O) groups is 1. The smallest absolute Gasteiger partial charge is 0.225 e. The van der Waals surface area contributed by atoms with Gasteiger partial charge in [-0.2, -0.15) is 0 Å². The second-order valence-corrected chi connectivity index (χ2v) is 6.38. The number of rotatable bonds is 4. The van der Waals surface area contributed by atoms with Crippen molar-refractivity contribution in [3.8, 4) is 5.75 Å². The minimum Gasteiger partial charge on any atom is -0.493 e. The summed E-state index contributed by atoms with van der Waals surface area (Å²) >= 11 is 7.64. The summed E-state index contributed by atoms with van der Waals surface area (Å²) in [7, 11) is 0. The van der Waals surface area contributed by atoms with Gasteiger partial charge in [-0.15, -0.1) is 11.3 Å². The highest BCUT2D eigenvalue weighted by Crippen LogP contribution is 2.33. The molecule has 0 aliphatic carbocycles. The molecule has 2 heterocycles. The van der Waals surface area contributed by atoms with Crippen LogP contribution in [0, 0.1) is 0 Å². The Morgan fingerprint density at radius 1 is 1.57 bits per heavy atom. The summed E-state index contributed by atoms with van der Waals surface area (Å²) in [5.41, 5.74) is 3.69. The summed E-state index contributed by atoms with van der Waals surface area (Å²) in [6, 6.07) is 3.67. The summed E-state index contributed by atoms with van der Waals surface area (Å²) in [4.78, 5) is 17.3. The zero-order chi connectivity index (χ0) is 14.8. The van der Waals surface area contributed by atoms with Crippen LogP contribution in [0.5, 0.6) is 5.75 Å². The van der Waals surface area contributed by atoms with E-state index in [1.165, 1.54) is 11.3 Å². The third-order valence-corrected chi connectivity index (χ3v) is 4.61. The minimum absolute atomic E-state index is 0.0434. The molecule has 3 rings (SSSR count). The number of hydrogen-bond acceptors (Lipinski definition) is 4. The van der Waals surface area contributed by atoms with E-state index in [1.54, 1.807) is 11.7 Å². The summed E-state index contributed by atoms with van der Waals surface area (Å²) in [6.07, 6.45) is 2.89. The van der Waals surface area contributed by atoms with Crippen molar-refractivity contribution in [2.75, 3.05) is 6.61 Å². The predicted molar refractivity (Wildman–Crippen MR) is 83.0 cm³/mol. The zero-order valence-electron chi connectivity index (χ0n) is 11.6. The maximum absolute atomic E-state index is 12.2. The topological polar surface area (TPSA) is 51.2 Å². The molecule has 0 saturated heterocycles. The highest BCUT2D eigenvalue weighted by molar-refractivity contribution is 7.09. The molecule has 1 aliphatic heterocycles. The zero-order valence-corrected chi connectivity index (χ0v) is 13.1. The average Bonchev–Trinajstić information content (AvgIpc) is 3.08. The molecule has 0 bridgehead atoms. The molecule has 1 aliphatic rings. The maximum atomic E-state index is 12.2. The Morgan fingerprint density at radius 2 is 2.43 bits per heavy atom. The Bertz CT molecular complexity index is 658. The lowest BCUT2D eigenvalue weighted by atomic mass is 10.1. The van der Waals surface area contributed by atoms with Crippen molar-refractivity contribution in [1.82, 2.24) is 10.3 Å². The van der Waals surface area contributed by atoms with Gasteiger partial charge < -0.3 is 10.1 Å². The summed E-state index contributed by atoms with van der Waals surface area (Å²) < 4.78 is 5.62. The van der Waals surface area contributed by atoms with Crippen molar-refractivity contribution in [2.45, 2.75) is 25.8 Å². The van der Waals surface area contributed by atoms with E-state index < -0.39 is 0 Å². The van der Waals surface area contributed by atoms with Gasteiger partial charge >= 0.3 is 0 Å². The monoisotopic (exact) mass is 322 g/mol. The number of fused-ring (bicyclic) bond motifs is 1. The SMILES string of the molecule is CC(NC(=O)Cc1cc(Cl)cc2c1OCC2)c1cncs1. The van der Waals surface area contributed by atoms with Crippen molar-refractivity contribution in [3.63, 3.8) is 0 Å². The Hall–Kier alpha value is -1.59. The molecule has 1 atom stereocenters. The Kier molecular flexibility index (Phi) is 4.12. The van der Waals surface area contributed by atoms with E-state index in [2.05, 4.69) is 10.3 Å². The van der Waals surface area contributed by atoms with Crippen LogP contribution in [-0.2, 0) is 17.6 Å². The number of halogens is 1. The first-order valence-electron chi connectivity index (χ1n) is 6.75. The van der Waals surface area contributed by atoms with Crippen LogP contribution >= 0.6 is 22.9 Å². The van der Waals surface area contributed by atoms with E-state index in [9.17, 15) is 4.79 Å². The molecule has 2 aromatic rings. The first-order valence-corrected chi connectivity index (χ1v) is 8.01. The molecule has 4 nitrogen and oxygen atoms in total. The standard InChI is InChI=1S/C15H15ClN2O2S/c1-9(13-7-17-8-21-13)18-14(19)6-11-5-12(16)4-10-2-3-20-15(10)11/h4-5,7-9H,2-3,6H2,1H3,(H,18,19). The van der Waals surface area contributed by atoms with E-state index in [-0.39, 0.29) is 18.4 Å². The van der Waals surface area contributed by atoms with Crippen molar-refractivity contribution >= 4 is 28.8 Å². The maximum Gasteiger partial charge on any atom is 0.225 e. The lowest BCUT2D eigenvalue weighted by Gasteiger charge is -2.13. The Morgan fingerprint density at radius 3 is 3.19 bits per heavy atom. The second-order valence-electron chi connectivity index (χ2n) is 5.02. The molecule has 0 saturated carbocycles. The normalized spacial score (nSPS) is 14.4. The third-order valence-electron chi connectivity index (χ3n) is 3.43. The molecular weight excluding hydrogens is 308 g/mol. The molecule has 1 aromatic carbocycles. The van der Waals surface area contributed by atoms with Crippen molar-refractivity contribution in [2.24, 2.45) is 0 Å². The van der Waals surface area contributed by atoms with Crippen LogP contribution < -0.4 is 10.1 Å². The van der Waals surface area contributed by atoms with E-state index in [4.69, 9.17) is 16.3 Å². The van der Waals surface area contributed by atoms with Crippen LogP contribution in [0.15, 0.2) is 23.8 Å². The van der Waals surface area contributed by atoms with Crippen molar-refractivity contribution in [1.29, 1.82) is 0 Å². The molecule has 0 radical (unpaired) electrons. The van der Waals surface area contributed by atoms with E-state index in [0.29, 0.717) is 11.6 Å². The van der Waals surface area contributed by atoms with Crippen LogP contribution in [0.2, 0.25) is 5.02 Å². The number of thiazole rings is 1. The van der Waals surface area contributed by atoms with Gasteiger partial charge in [0, 0.05) is 28.1 Å². The van der Waals surface area contributed by atoms with E-state index >= 15 is 0 Å². The molecule has 1 amide bonds. The van der Waals surface area contributed by atoms with Gasteiger partial charge in [-0.3, -0.25) is 9.78 Å². The molecule has 0 spiro atoms. The fourth-order valence-corrected chi connectivity index (χ4v) is 3.35. The average molecular weight is 323 g/mol. The van der Waals surface area contributed by atoms with E-state index in [0.717, 1.165) is 28.2 Å². The number of hydrogen-bond donors (Lipinski definition) is 1. The van der Waals surface area contributed by atoms with Gasteiger partial charge in [0.15, 0.2) is 0 Å². The largest absolute Gasteiger partial charge is 0.493 e. The Balaban J connectivity index is 1.71. The first-order chi connectivity index (χ1) is 10.1. The van der Waals surface area contributed by atoms with Crippen LogP contribution in [0.3, 0.4) is 0 Å². The van der Waals surface area contributed by atoms with Crippen molar-refractivity contribution in [3.05, 3.63) is 44.9 Å². The summed E-state index contributed by atoms with van der Waals surface area (Å²) in [6.45, 7) is 2.60. The number of benzene rings is 1. The number of nitrogens with zero attached hydrogens (tertiary/aromatic N) is 1. The van der Waals surface area contributed by atoms with Gasteiger partial charge in [-0.25, -0.2) is 0 Å². The van der Waals surface area contributed by atoms with Gasteiger partial charge in [0.05, 0.1) is 24.6 Å². The van der Waals surface area contributed by atoms with Crippen LogP contribution in [0.1, 0.15) is 29.0 Å². The second kappa shape index (κ2) is 6.03. The predicted octanol–water partition coefficient (Wildman–Crippen LogP) is 3.15. The molecule has 0 fully saturated rings. The van der Waals surface area contributed by atoms with Crippen LogP contribution in [0.25, 0.3) is 0 Å². The number of aromatic nitrogens is 1. The lowest BCUT2D eigenvalue weighted by Crippen LogP contribution is -2.27. The molecule has 6 heteroatoms. The number of amides is 1. The van der Waals surface area contributed by atoms with Gasteiger partial charge in [-0.1, -0.05) is 11.6 Å². The molecule has 110 valence electrons.